The largest absolute Gasteiger partial charge is 0.323 e. The molecule has 0 unspecified atom stereocenters. The molecule has 1 rings (SSSR count). The van der Waals surface area contributed by atoms with Crippen molar-refractivity contribution in [1.29, 1.82) is 0 Å². The molecule has 0 aromatic rings. The van der Waals surface area contributed by atoms with Crippen LogP contribution in [0.25, 0.3) is 0 Å². The van der Waals surface area contributed by atoms with E-state index in [-0.39, 0.29) is 0 Å². The van der Waals surface area contributed by atoms with E-state index in [1.54, 1.807) is 0 Å². The lowest BCUT2D eigenvalue weighted by molar-refractivity contribution is 0.359. The van der Waals surface area contributed by atoms with Gasteiger partial charge in [0.05, 0.1) is 0 Å². The minimum Gasteiger partial charge on any atom is -0.323 e. The summed E-state index contributed by atoms with van der Waals surface area (Å²) < 4.78 is 0. The predicted octanol–water partition coefficient (Wildman–Crippen LogP) is 0.938. The number of nitrogens with zero attached hydrogens (tertiary/aromatic N) is 1. The quantitative estimate of drug-likeness (QED) is 0.589. The van der Waals surface area contributed by atoms with Gasteiger partial charge in [-0.1, -0.05) is 6.92 Å². The fourth-order valence-electron chi connectivity index (χ4n) is 1.10. The molecule has 62 valence electrons. The number of likely N-dealkylation sites (tertiary alicyclic amines) is 1. The van der Waals surface area contributed by atoms with Crippen LogP contribution in [0.2, 0.25) is 0 Å². The first kappa shape index (κ1) is 9.92. The van der Waals surface area contributed by atoms with Crippen LogP contribution in [0.3, 0.4) is 0 Å². The molecule has 10 heavy (non-hydrogen) atoms. The van der Waals surface area contributed by atoms with Gasteiger partial charge in [-0.3, -0.25) is 0 Å². The van der Waals surface area contributed by atoms with Crippen molar-refractivity contribution >= 4 is 0 Å². The van der Waals surface area contributed by atoms with Crippen LogP contribution < -0.4 is 5.32 Å². The van der Waals surface area contributed by atoms with Crippen molar-refractivity contribution in [2.75, 3.05) is 33.7 Å². The third-order valence-corrected chi connectivity index (χ3v) is 1.65. The lowest BCUT2D eigenvalue weighted by atomic mass is 10.4. The topological polar surface area (TPSA) is 15.3 Å². The third-order valence-electron chi connectivity index (χ3n) is 1.65. The van der Waals surface area contributed by atoms with Crippen molar-refractivity contribution in [1.82, 2.24) is 10.2 Å². The zero-order valence-corrected chi connectivity index (χ0v) is 7.48. The molecular weight excluding hydrogens is 124 g/mol. The molecule has 0 radical (unpaired) electrons. The van der Waals surface area contributed by atoms with E-state index in [1.165, 1.54) is 32.5 Å². The van der Waals surface area contributed by atoms with Gasteiger partial charge in [-0.2, -0.15) is 0 Å². The molecule has 0 bridgehead atoms. The first-order valence-corrected chi connectivity index (χ1v) is 4.16. The molecule has 0 amide bonds. The summed E-state index contributed by atoms with van der Waals surface area (Å²) in [4.78, 5) is 2.49. The summed E-state index contributed by atoms with van der Waals surface area (Å²) in [6, 6.07) is 0. The van der Waals surface area contributed by atoms with E-state index in [2.05, 4.69) is 17.1 Å². The summed E-state index contributed by atoms with van der Waals surface area (Å²) in [6.45, 7) is 6.16. The van der Waals surface area contributed by atoms with Crippen LogP contribution in [0, 0.1) is 0 Å². The maximum Gasteiger partial charge on any atom is -0.00184 e. The zero-order chi connectivity index (χ0) is 7.82. The van der Waals surface area contributed by atoms with Crippen LogP contribution >= 0.6 is 0 Å². The molecule has 1 saturated heterocycles. The molecule has 0 atom stereocenters. The van der Waals surface area contributed by atoms with Crippen molar-refractivity contribution in [3.05, 3.63) is 0 Å². The van der Waals surface area contributed by atoms with Gasteiger partial charge < -0.3 is 10.2 Å². The molecule has 2 nitrogen and oxygen atoms in total. The predicted molar refractivity (Wildman–Crippen MR) is 46.3 cm³/mol. The Kier molecular flexibility index (Phi) is 6.98. The Bertz CT molecular complexity index is 58.3. The van der Waals surface area contributed by atoms with E-state index in [0.29, 0.717) is 0 Å². The second-order valence-electron chi connectivity index (χ2n) is 2.64. The highest BCUT2D eigenvalue weighted by atomic mass is 15.1. The summed E-state index contributed by atoms with van der Waals surface area (Å²) in [7, 11) is 3.75. The minimum atomic E-state index is 1.25. The zero-order valence-electron chi connectivity index (χ0n) is 7.48. The summed E-state index contributed by atoms with van der Waals surface area (Å²) >= 11 is 0. The van der Waals surface area contributed by atoms with Gasteiger partial charge in [0.15, 0.2) is 0 Å². The lowest BCUT2D eigenvalue weighted by Crippen LogP contribution is -2.17. The van der Waals surface area contributed by atoms with E-state index < -0.39 is 0 Å². The van der Waals surface area contributed by atoms with Gasteiger partial charge in [-0.25, -0.2) is 0 Å². The standard InChI is InChI=1S/C6H13N.C2H7N/c1-2-7-5-3-4-6-7;1-3-2/h2-6H2,1H3;3H,1-2H3. The Morgan fingerprint density at radius 1 is 1.20 bits per heavy atom. The molecule has 0 saturated carbocycles. The first-order chi connectivity index (χ1) is 4.85. The van der Waals surface area contributed by atoms with Gasteiger partial charge in [-0.15, -0.1) is 0 Å². The highest BCUT2D eigenvalue weighted by Gasteiger charge is 2.06. The summed E-state index contributed by atoms with van der Waals surface area (Å²) in [5.41, 5.74) is 0. The Balaban J connectivity index is 0.000000236. The van der Waals surface area contributed by atoms with Crippen molar-refractivity contribution in [3.8, 4) is 0 Å². The molecule has 1 aliphatic rings. The van der Waals surface area contributed by atoms with E-state index >= 15 is 0 Å². The maximum absolute atomic E-state index is 2.75. The van der Waals surface area contributed by atoms with Crippen molar-refractivity contribution < 1.29 is 0 Å². The Morgan fingerprint density at radius 2 is 1.60 bits per heavy atom. The maximum atomic E-state index is 2.75. The molecule has 1 fully saturated rings. The fraction of sp³-hybridized carbons (Fsp3) is 1.00. The first-order valence-electron chi connectivity index (χ1n) is 4.16. The van der Waals surface area contributed by atoms with Crippen LogP contribution in [0.5, 0.6) is 0 Å². The molecule has 0 aromatic heterocycles. The van der Waals surface area contributed by atoms with E-state index in [0.717, 1.165) is 0 Å². The van der Waals surface area contributed by atoms with Crippen molar-refractivity contribution in [2.45, 2.75) is 19.8 Å². The Hall–Kier alpha value is -0.0800. The fourth-order valence-corrected chi connectivity index (χ4v) is 1.10. The van der Waals surface area contributed by atoms with Crippen LogP contribution in [-0.2, 0) is 0 Å². The highest BCUT2D eigenvalue weighted by Crippen LogP contribution is 2.04. The van der Waals surface area contributed by atoms with Crippen LogP contribution in [-0.4, -0.2) is 38.6 Å². The van der Waals surface area contributed by atoms with Crippen LogP contribution in [0.1, 0.15) is 19.8 Å². The smallest absolute Gasteiger partial charge is 0.00184 e. The van der Waals surface area contributed by atoms with Gasteiger partial charge in [-0.05, 0) is 46.6 Å². The number of hydrogen-bond acceptors (Lipinski definition) is 2. The van der Waals surface area contributed by atoms with Gasteiger partial charge >= 0.3 is 0 Å². The van der Waals surface area contributed by atoms with Gasteiger partial charge in [0, 0.05) is 0 Å². The van der Waals surface area contributed by atoms with E-state index in [9.17, 15) is 0 Å². The van der Waals surface area contributed by atoms with Gasteiger partial charge in [0.25, 0.3) is 0 Å². The SMILES string of the molecule is CCN1CCCC1.CNC. The van der Waals surface area contributed by atoms with E-state index in [1.807, 2.05) is 14.1 Å². The van der Waals surface area contributed by atoms with E-state index in [4.69, 9.17) is 0 Å². The summed E-state index contributed by atoms with van der Waals surface area (Å²) in [5.74, 6) is 0. The van der Waals surface area contributed by atoms with Crippen LogP contribution in [0.15, 0.2) is 0 Å². The second-order valence-corrected chi connectivity index (χ2v) is 2.64. The molecule has 0 aliphatic carbocycles. The number of rotatable bonds is 1. The second kappa shape index (κ2) is 7.03. The average molecular weight is 144 g/mol. The Labute approximate surface area is 64.6 Å². The molecule has 1 heterocycles. The summed E-state index contributed by atoms with van der Waals surface area (Å²) in [6.07, 6.45) is 2.85. The average Bonchev–Trinajstić information content (AvgIpc) is 2.39. The summed E-state index contributed by atoms with van der Waals surface area (Å²) in [5, 5.41) is 2.75. The third kappa shape index (κ3) is 4.77. The van der Waals surface area contributed by atoms with Crippen LogP contribution in [0.4, 0.5) is 0 Å². The Morgan fingerprint density at radius 3 is 1.80 bits per heavy atom. The van der Waals surface area contributed by atoms with Gasteiger partial charge in [0.1, 0.15) is 0 Å². The monoisotopic (exact) mass is 144 g/mol. The highest BCUT2D eigenvalue weighted by molar-refractivity contribution is 4.62. The molecule has 0 spiro atoms. The van der Waals surface area contributed by atoms with Gasteiger partial charge in [0.2, 0.25) is 0 Å². The van der Waals surface area contributed by atoms with Crippen molar-refractivity contribution in [2.24, 2.45) is 0 Å². The lowest BCUT2D eigenvalue weighted by Gasteiger charge is -2.08. The number of nitrogens with one attached hydrogen (secondary N) is 1. The molecule has 2 heteroatoms. The molecule has 1 aliphatic heterocycles. The normalized spacial score (nSPS) is 18.3. The molecular formula is C8H20N2. The minimum absolute atomic E-state index is 1.25. The molecule has 1 N–H and O–H groups in total. The molecule has 0 aromatic carbocycles. The number of hydrogen-bond donors (Lipinski definition) is 1. The van der Waals surface area contributed by atoms with Crippen molar-refractivity contribution in [3.63, 3.8) is 0 Å².